The van der Waals surface area contributed by atoms with Crippen LogP contribution >= 0.6 is 15.9 Å². The Kier molecular flexibility index (Phi) is 7.45. The van der Waals surface area contributed by atoms with Crippen LogP contribution in [0.3, 0.4) is 0 Å². The SMILES string of the molecule is CN(CC(=O)NCCC(=O)Nc1cccnc1)S(=O)(=O)c1ccc(Br)cc1. The first kappa shape index (κ1) is 21.0. The quantitative estimate of drug-likeness (QED) is 0.629. The first-order chi connectivity index (χ1) is 12.8. The normalized spacial score (nSPS) is 11.2. The molecule has 0 saturated carbocycles. The molecule has 2 aromatic rings. The number of sulfonamides is 1. The van der Waals surface area contributed by atoms with Crippen molar-refractivity contribution in [3.8, 4) is 0 Å². The van der Waals surface area contributed by atoms with Crippen LogP contribution in [0.1, 0.15) is 6.42 Å². The fourth-order valence-electron chi connectivity index (χ4n) is 2.11. The molecule has 1 heterocycles. The maximum absolute atomic E-state index is 12.4. The molecule has 0 atom stereocenters. The van der Waals surface area contributed by atoms with Gasteiger partial charge in [0.1, 0.15) is 0 Å². The van der Waals surface area contributed by atoms with Crippen LogP contribution in [0.15, 0.2) is 58.2 Å². The van der Waals surface area contributed by atoms with Crippen molar-refractivity contribution in [3.05, 3.63) is 53.3 Å². The zero-order valence-electron chi connectivity index (χ0n) is 14.6. The van der Waals surface area contributed by atoms with Gasteiger partial charge < -0.3 is 10.6 Å². The van der Waals surface area contributed by atoms with E-state index in [9.17, 15) is 18.0 Å². The lowest BCUT2D eigenvalue weighted by Crippen LogP contribution is -2.39. The molecule has 1 aromatic heterocycles. The molecule has 0 bridgehead atoms. The third-order valence-electron chi connectivity index (χ3n) is 3.51. The molecule has 0 unspecified atom stereocenters. The molecule has 0 spiro atoms. The summed E-state index contributed by atoms with van der Waals surface area (Å²) in [5, 5.41) is 5.18. The van der Waals surface area contributed by atoms with Gasteiger partial charge in [-0.2, -0.15) is 4.31 Å². The molecule has 0 radical (unpaired) electrons. The first-order valence-electron chi connectivity index (χ1n) is 7.97. The molecule has 0 aliphatic heterocycles. The van der Waals surface area contributed by atoms with Gasteiger partial charge in [0.25, 0.3) is 0 Å². The molecule has 144 valence electrons. The summed E-state index contributed by atoms with van der Waals surface area (Å²) in [5.74, 6) is -0.772. The molecule has 2 rings (SSSR count). The van der Waals surface area contributed by atoms with Crippen molar-refractivity contribution < 1.29 is 18.0 Å². The van der Waals surface area contributed by atoms with Crippen LogP contribution in [0.4, 0.5) is 5.69 Å². The van der Waals surface area contributed by atoms with Gasteiger partial charge in [-0.05, 0) is 36.4 Å². The summed E-state index contributed by atoms with van der Waals surface area (Å²) in [6.07, 6.45) is 3.16. The second-order valence-electron chi connectivity index (χ2n) is 5.60. The second-order valence-corrected chi connectivity index (χ2v) is 8.57. The monoisotopic (exact) mass is 454 g/mol. The van der Waals surface area contributed by atoms with Crippen molar-refractivity contribution >= 4 is 43.5 Å². The molecule has 2 amide bonds. The number of amides is 2. The maximum atomic E-state index is 12.4. The van der Waals surface area contributed by atoms with E-state index in [1.54, 1.807) is 30.5 Å². The summed E-state index contributed by atoms with van der Waals surface area (Å²) in [5.41, 5.74) is 0.564. The number of halogens is 1. The number of carbonyl (C=O) groups excluding carboxylic acids is 2. The number of likely N-dealkylation sites (N-methyl/N-ethyl adjacent to an activating group) is 1. The highest BCUT2D eigenvalue weighted by molar-refractivity contribution is 9.10. The summed E-state index contributed by atoms with van der Waals surface area (Å²) in [7, 11) is -2.44. The van der Waals surface area contributed by atoms with Crippen molar-refractivity contribution in [1.82, 2.24) is 14.6 Å². The number of carbonyl (C=O) groups is 2. The van der Waals surface area contributed by atoms with Crippen molar-refractivity contribution in [1.29, 1.82) is 0 Å². The summed E-state index contributed by atoms with van der Waals surface area (Å²) < 4.78 is 26.6. The van der Waals surface area contributed by atoms with Crippen molar-refractivity contribution in [2.24, 2.45) is 0 Å². The fraction of sp³-hybridized carbons (Fsp3) is 0.235. The number of hydrogen-bond donors (Lipinski definition) is 2. The number of pyridine rings is 1. The topological polar surface area (TPSA) is 108 Å². The lowest BCUT2D eigenvalue weighted by atomic mass is 10.3. The van der Waals surface area contributed by atoms with Gasteiger partial charge >= 0.3 is 0 Å². The number of nitrogens with one attached hydrogen (secondary N) is 2. The van der Waals surface area contributed by atoms with E-state index >= 15 is 0 Å². The van der Waals surface area contributed by atoms with Crippen LogP contribution in [0.25, 0.3) is 0 Å². The second kappa shape index (κ2) is 9.58. The van der Waals surface area contributed by atoms with Crippen molar-refractivity contribution in [2.45, 2.75) is 11.3 Å². The van der Waals surface area contributed by atoms with E-state index in [0.717, 1.165) is 8.78 Å². The molecule has 10 heteroatoms. The van der Waals surface area contributed by atoms with Crippen LogP contribution in [0.5, 0.6) is 0 Å². The lowest BCUT2D eigenvalue weighted by Gasteiger charge is -2.17. The van der Waals surface area contributed by atoms with Crippen LogP contribution in [-0.4, -0.2) is 49.7 Å². The predicted molar refractivity (Wildman–Crippen MR) is 104 cm³/mol. The van der Waals surface area contributed by atoms with Crippen molar-refractivity contribution in [2.75, 3.05) is 25.5 Å². The Morgan fingerprint density at radius 3 is 2.48 bits per heavy atom. The number of benzene rings is 1. The van der Waals surface area contributed by atoms with Gasteiger partial charge in [-0.15, -0.1) is 0 Å². The van der Waals surface area contributed by atoms with E-state index in [-0.39, 0.29) is 30.3 Å². The highest BCUT2D eigenvalue weighted by Gasteiger charge is 2.22. The minimum atomic E-state index is -3.77. The minimum Gasteiger partial charge on any atom is -0.354 e. The summed E-state index contributed by atoms with van der Waals surface area (Å²) in [4.78, 5) is 27.7. The third kappa shape index (κ3) is 6.42. The Morgan fingerprint density at radius 1 is 1.15 bits per heavy atom. The molecular weight excluding hydrogens is 436 g/mol. The number of aromatic nitrogens is 1. The van der Waals surface area contributed by atoms with E-state index in [0.29, 0.717) is 5.69 Å². The zero-order chi connectivity index (χ0) is 19.9. The largest absolute Gasteiger partial charge is 0.354 e. The molecule has 0 saturated heterocycles. The van der Waals surface area contributed by atoms with E-state index in [1.807, 2.05) is 0 Å². The average molecular weight is 455 g/mol. The molecule has 1 aromatic carbocycles. The molecule has 8 nitrogen and oxygen atoms in total. The molecule has 0 aliphatic rings. The Balaban J connectivity index is 1.79. The molecule has 2 N–H and O–H groups in total. The molecular formula is C17H19BrN4O4S. The van der Waals surface area contributed by atoms with Gasteiger partial charge in [0.2, 0.25) is 21.8 Å². The molecule has 27 heavy (non-hydrogen) atoms. The lowest BCUT2D eigenvalue weighted by molar-refractivity contribution is -0.121. The number of anilines is 1. The predicted octanol–water partition coefficient (Wildman–Crippen LogP) is 1.61. The highest BCUT2D eigenvalue weighted by atomic mass is 79.9. The van der Waals surface area contributed by atoms with E-state index in [1.165, 1.54) is 25.4 Å². The number of rotatable bonds is 8. The number of hydrogen-bond acceptors (Lipinski definition) is 5. The maximum Gasteiger partial charge on any atom is 0.243 e. The van der Waals surface area contributed by atoms with Gasteiger partial charge in [0.15, 0.2) is 0 Å². The van der Waals surface area contributed by atoms with Crippen LogP contribution in [0, 0.1) is 0 Å². The van der Waals surface area contributed by atoms with Crippen molar-refractivity contribution in [3.63, 3.8) is 0 Å². The Bertz CT molecular complexity index is 889. The summed E-state index contributed by atoms with van der Waals surface area (Å²) in [6, 6.07) is 9.53. The van der Waals surface area contributed by atoms with Gasteiger partial charge in [0.05, 0.1) is 23.3 Å². The minimum absolute atomic E-state index is 0.0593. The molecule has 0 aliphatic carbocycles. The highest BCUT2D eigenvalue weighted by Crippen LogP contribution is 2.17. The van der Waals surface area contributed by atoms with Crippen LogP contribution in [-0.2, 0) is 19.6 Å². The summed E-state index contributed by atoms with van der Waals surface area (Å²) in [6.45, 7) is -0.250. The first-order valence-corrected chi connectivity index (χ1v) is 10.2. The van der Waals surface area contributed by atoms with Gasteiger partial charge in [0, 0.05) is 30.7 Å². The van der Waals surface area contributed by atoms with E-state index in [4.69, 9.17) is 0 Å². The fourth-order valence-corrected chi connectivity index (χ4v) is 3.50. The Hall–Kier alpha value is -2.30. The Labute approximate surface area is 166 Å². The van der Waals surface area contributed by atoms with Gasteiger partial charge in [-0.25, -0.2) is 8.42 Å². The van der Waals surface area contributed by atoms with Gasteiger partial charge in [-0.3, -0.25) is 14.6 Å². The van der Waals surface area contributed by atoms with E-state index < -0.39 is 15.9 Å². The Morgan fingerprint density at radius 2 is 1.85 bits per heavy atom. The van der Waals surface area contributed by atoms with E-state index in [2.05, 4.69) is 31.5 Å². The standard InChI is InChI=1S/C17H19BrN4O4S/c1-22(27(25,26)15-6-4-13(18)5-7-15)12-17(24)20-10-8-16(23)21-14-3-2-9-19-11-14/h2-7,9,11H,8,10,12H2,1H3,(H,20,24)(H,21,23). The smallest absolute Gasteiger partial charge is 0.243 e. The summed E-state index contributed by atoms with van der Waals surface area (Å²) >= 11 is 3.24. The zero-order valence-corrected chi connectivity index (χ0v) is 17.0. The molecule has 0 fully saturated rings. The van der Waals surface area contributed by atoms with Gasteiger partial charge in [-0.1, -0.05) is 15.9 Å². The number of nitrogens with zero attached hydrogens (tertiary/aromatic N) is 2. The average Bonchev–Trinajstić information content (AvgIpc) is 2.62. The third-order valence-corrected chi connectivity index (χ3v) is 5.85. The van der Waals surface area contributed by atoms with Crippen LogP contribution < -0.4 is 10.6 Å². The van der Waals surface area contributed by atoms with Crippen LogP contribution in [0.2, 0.25) is 0 Å².